The summed E-state index contributed by atoms with van der Waals surface area (Å²) in [5.41, 5.74) is 5.88. The molecule has 1 saturated carbocycles. The fourth-order valence-corrected chi connectivity index (χ4v) is 3.18. The van der Waals surface area contributed by atoms with E-state index in [0.29, 0.717) is 42.6 Å². The fraction of sp³-hybridized carbons (Fsp3) is 0.375. The monoisotopic (exact) mass is 302 g/mol. The molecule has 1 aromatic heterocycles. The minimum absolute atomic E-state index is 0.0215. The summed E-state index contributed by atoms with van der Waals surface area (Å²) in [6, 6.07) is 1.13. The molecule has 6 heteroatoms. The minimum Gasteiger partial charge on any atom is -0.489 e. The van der Waals surface area contributed by atoms with Gasteiger partial charge >= 0.3 is 0 Å². The van der Waals surface area contributed by atoms with Crippen LogP contribution in [0.25, 0.3) is 10.9 Å². The van der Waals surface area contributed by atoms with E-state index in [1.54, 1.807) is 0 Å². The predicted molar refractivity (Wildman–Crippen MR) is 78.9 cm³/mol. The van der Waals surface area contributed by atoms with Gasteiger partial charge in [-0.25, -0.2) is 4.39 Å². The number of carbonyl (C=O) groups excluding carboxylic acids is 1. The smallest absolute Gasteiger partial charge is 0.200 e. The Balaban J connectivity index is 2.20. The Kier molecular flexibility index (Phi) is 2.55. The molecule has 0 spiro atoms. The van der Waals surface area contributed by atoms with Gasteiger partial charge in [-0.15, -0.1) is 0 Å². The second kappa shape index (κ2) is 4.16. The van der Waals surface area contributed by atoms with Crippen LogP contribution in [0, 0.1) is 5.82 Å². The van der Waals surface area contributed by atoms with Gasteiger partial charge in [-0.05, 0) is 25.8 Å². The van der Waals surface area contributed by atoms with E-state index in [-0.39, 0.29) is 17.0 Å². The number of hydrogen-bond donors (Lipinski definition) is 1. The van der Waals surface area contributed by atoms with E-state index < -0.39 is 16.8 Å². The van der Waals surface area contributed by atoms with Crippen LogP contribution in [0.5, 0.6) is 5.75 Å². The third-order valence-corrected chi connectivity index (χ3v) is 4.61. The molecule has 22 heavy (non-hydrogen) atoms. The van der Waals surface area contributed by atoms with Crippen LogP contribution in [0.4, 0.5) is 4.39 Å². The van der Waals surface area contributed by atoms with Gasteiger partial charge in [-0.1, -0.05) is 0 Å². The summed E-state index contributed by atoms with van der Waals surface area (Å²) in [5.74, 6) is -0.189. The van der Waals surface area contributed by atoms with Crippen molar-refractivity contribution in [2.45, 2.75) is 31.3 Å². The van der Waals surface area contributed by atoms with Gasteiger partial charge in [0.2, 0.25) is 0 Å². The zero-order valence-corrected chi connectivity index (χ0v) is 12.1. The number of rotatable bonds is 2. The van der Waals surface area contributed by atoms with Crippen LogP contribution in [0.1, 0.15) is 41.7 Å². The van der Waals surface area contributed by atoms with E-state index in [9.17, 15) is 14.0 Å². The van der Waals surface area contributed by atoms with Crippen LogP contribution in [0.15, 0.2) is 17.1 Å². The molecule has 5 nitrogen and oxygen atoms in total. The number of hydrogen-bond acceptors (Lipinski definition) is 4. The second-order valence-corrected chi connectivity index (χ2v) is 6.21. The van der Waals surface area contributed by atoms with Gasteiger partial charge < -0.3 is 15.0 Å². The van der Waals surface area contributed by atoms with Crippen molar-refractivity contribution in [3.63, 3.8) is 0 Å². The van der Waals surface area contributed by atoms with Crippen molar-refractivity contribution < 1.29 is 13.9 Å². The van der Waals surface area contributed by atoms with Crippen molar-refractivity contribution in [3.8, 4) is 5.75 Å². The molecule has 1 aromatic carbocycles. The van der Waals surface area contributed by atoms with Crippen LogP contribution in [-0.4, -0.2) is 17.5 Å². The van der Waals surface area contributed by atoms with E-state index >= 15 is 0 Å². The van der Waals surface area contributed by atoms with Crippen molar-refractivity contribution in [2.24, 2.45) is 5.73 Å². The maximum Gasteiger partial charge on any atom is 0.200 e. The quantitative estimate of drug-likeness (QED) is 0.859. The summed E-state index contributed by atoms with van der Waals surface area (Å²) in [6.45, 7) is 2.26. The average molecular weight is 302 g/mol. The molecular weight excluding hydrogens is 287 g/mol. The molecule has 0 saturated heterocycles. The minimum atomic E-state index is -0.710. The number of aldehydes is 1. The predicted octanol–water partition coefficient (Wildman–Crippen LogP) is 1.85. The van der Waals surface area contributed by atoms with Crippen LogP contribution in [-0.2, 0) is 5.54 Å². The summed E-state index contributed by atoms with van der Waals surface area (Å²) >= 11 is 0. The van der Waals surface area contributed by atoms with Crippen LogP contribution < -0.4 is 15.9 Å². The Hall–Kier alpha value is -2.21. The highest BCUT2D eigenvalue weighted by Crippen LogP contribution is 2.50. The van der Waals surface area contributed by atoms with Gasteiger partial charge in [0.25, 0.3) is 0 Å². The second-order valence-electron chi connectivity index (χ2n) is 6.21. The van der Waals surface area contributed by atoms with Crippen molar-refractivity contribution in [1.29, 1.82) is 0 Å². The van der Waals surface area contributed by atoms with E-state index in [1.807, 2.05) is 11.5 Å². The molecule has 2 heterocycles. The molecule has 1 aliphatic heterocycles. The molecular formula is C16H15FN2O3. The van der Waals surface area contributed by atoms with Crippen molar-refractivity contribution in [2.75, 3.05) is 6.61 Å². The van der Waals surface area contributed by atoms with E-state index in [1.165, 1.54) is 12.3 Å². The molecule has 1 aliphatic carbocycles. The highest BCUT2D eigenvalue weighted by atomic mass is 19.1. The number of carbonyl (C=O) groups is 1. The first kappa shape index (κ1) is 13.5. The van der Waals surface area contributed by atoms with Crippen LogP contribution in [0.2, 0.25) is 0 Å². The normalized spacial score (nSPS) is 21.5. The number of nitrogens with zero attached hydrogens (tertiary/aromatic N) is 1. The van der Waals surface area contributed by atoms with Gasteiger partial charge in [0.1, 0.15) is 12.4 Å². The third kappa shape index (κ3) is 1.61. The lowest BCUT2D eigenvalue weighted by molar-refractivity contribution is 0.112. The maximum atomic E-state index is 14.6. The highest BCUT2D eigenvalue weighted by Gasteiger charge is 2.46. The Morgan fingerprint density at radius 2 is 2.23 bits per heavy atom. The summed E-state index contributed by atoms with van der Waals surface area (Å²) < 4.78 is 22.1. The first-order chi connectivity index (χ1) is 10.5. The summed E-state index contributed by atoms with van der Waals surface area (Å²) in [7, 11) is 0. The Bertz CT molecular complexity index is 883. The lowest BCUT2D eigenvalue weighted by atomic mass is 9.98. The SMILES string of the molecule is C[C@H]1COc2c(C3(N)CC3)c(F)cc3c(=O)c(C=O)cn1c23. The Morgan fingerprint density at radius 1 is 1.50 bits per heavy atom. The molecule has 0 unspecified atom stereocenters. The number of benzene rings is 1. The van der Waals surface area contributed by atoms with Gasteiger partial charge in [-0.3, -0.25) is 9.59 Å². The van der Waals surface area contributed by atoms with Crippen molar-refractivity contribution in [1.82, 2.24) is 4.57 Å². The van der Waals surface area contributed by atoms with E-state index in [2.05, 4.69) is 0 Å². The first-order valence-electron chi connectivity index (χ1n) is 7.25. The molecule has 2 aromatic rings. The highest BCUT2D eigenvalue weighted by molar-refractivity contribution is 5.91. The number of pyridine rings is 1. The van der Waals surface area contributed by atoms with Crippen LogP contribution >= 0.6 is 0 Å². The van der Waals surface area contributed by atoms with Crippen molar-refractivity contribution in [3.05, 3.63) is 39.4 Å². The zero-order valence-electron chi connectivity index (χ0n) is 12.1. The molecule has 4 rings (SSSR count). The van der Waals surface area contributed by atoms with E-state index in [0.717, 1.165) is 0 Å². The standard InChI is InChI=1S/C16H15FN2O3/c1-8-7-22-15-12(16(18)2-3-16)11(17)4-10-13(15)19(8)5-9(6-20)14(10)21/h4-6,8H,2-3,7,18H2,1H3/t8-/m0/s1. The number of ether oxygens (including phenoxy) is 1. The molecule has 0 bridgehead atoms. The number of halogens is 1. The molecule has 0 radical (unpaired) electrons. The molecule has 1 atom stereocenters. The molecule has 0 amide bonds. The van der Waals surface area contributed by atoms with Gasteiger partial charge in [0, 0.05) is 11.7 Å². The summed E-state index contributed by atoms with van der Waals surface area (Å²) in [6.07, 6.45) is 3.41. The van der Waals surface area contributed by atoms with Crippen molar-refractivity contribution >= 4 is 17.2 Å². The molecule has 1 fully saturated rings. The van der Waals surface area contributed by atoms with Gasteiger partial charge in [0.15, 0.2) is 17.5 Å². The van der Waals surface area contributed by atoms with Crippen LogP contribution in [0.3, 0.4) is 0 Å². The topological polar surface area (TPSA) is 74.3 Å². The molecule has 2 N–H and O–H groups in total. The Morgan fingerprint density at radius 3 is 2.86 bits per heavy atom. The molecule has 114 valence electrons. The number of nitrogens with two attached hydrogens (primary N) is 1. The first-order valence-corrected chi connectivity index (χ1v) is 7.25. The fourth-order valence-electron chi connectivity index (χ4n) is 3.18. The Labute approximate surface area is 125 Å². The zero-order chi connectivity index (χ0) is 15.6. The van der Waals surface area contributed by atoms with E-state index in [4.69, 9.17) is 10.5 Å². The lowest BCUT2D eigenvalue weighted by Gasteiger charge is -2.29. The van der Waals surface area contributed by atoms with Gasteiger partial charge in [-0.2, -0.15) is 0 Å². The molecule has 2 aliphatic rings. The third-order valence-electron chi connectivity index (χ3n) is 4.61. The largest absolute Gasteiger partial charge is 0.489 e. The summed E-state index contributed by atoms with van der Waals surface area (Å²) in [4.78, 5) is 23.5. The van der Waals surface area contributed by atoms with Gasteiger partial charge in [0.05, 0.1) is 28.1 Å². The average Bonchev–Trinajstić information content (AvgIpc) is 3.23. The summed E-state index contributed by atoms with van der Waals surface area (Å²) in [5, 5.41) is 0.164. The maximum absolute atomic E-state index is 14.6. The number of aromatic nitrogens is 1. The lowest BCUT2D eigenvalue weighted by Crippen LogP contribution is -2.29.